The average molecular weight is 270 g/mol. The van der Waals surface area contributed by atoms with Crippen molar-refractivity contribution < 1.29 is 9.32 Å². The van der Waals surface area contributed by atoms with Crippen LogP contribution in [0, 0.1) is 13.8 Å². The van der Waals surface area contributed by atoms with Gasteiger partial charge in [-0.25, -0.2) is 0 Å². The van der Waals surface area contributed by atoms with Crippen LogP contribution in [0.1, 0.15) is 21.8 Å². The maximum absolute atomic E-state index is 11.8. The average Bonchev–Trinajstić information content (AvgIpc) is 2.88. The van der Waals surface area contributed by atoms with Gasteiger partial charge in [-0.15, -0.1) is 10.2 Å². The summed E-state index contributed by atoms with van der Waals surface area (Å²) >= 11 is 2.79. The van der Waals surface area contributed by atoms with Gasteiger partial charge in [0, 0.05) is 5.56 Å². The van der Waals surface area contributed by atoms with E-state index in [9.17, 15) is 4.79 Å². The molecule has 2 rings (SSSR count). The quantitative estimate of drug-likeness (QED) is 0.679. The molecule has 0 bridgehead atoms. The summed E-state index contributed by atoms with van der Waals surface area (Å²) in [5.41, 5.74) is 1.44. The molecule has 0 atom stereocenters. The van der Waals surface area contributed by atoms with Crippen molar-refractivity contribution in [1.29, 1.82) is 0 Å². The lowest BCUT2D eigenvalue weighted by Gasteiger charge is -1.96. The Morgan fingerprint density at radius 2 is 2.18 bits per heavy atom. The normalized spacial score (nSPS) is 10.5. The second-order valence-corrected chi connectivity index (χ2v) is 5.28. The Morgan fingerprint density at radius 3 is 2.71 bits per heavy atom. The number of thioether (sulfide) groups is 1. The van der Waals surface area contributed by atoms with E-state index in [1.165, 1.54) is 23.1 Å². The summed E-state index contributed by atoms with van der Waals surface area (Å²) in [7, 11) is 0. The molecule has 6 nitrogen and oxygen atoms in total. The summed E-state index contributed by atoms with van der Waals surface area (Å²) in [5.74, 6) is -0.143. The van der Waals surface area contributed by atoms with Gasteiger partial charge in [0.25, 0.3) is 5.91 Å². The van der Waals surface area contributed by atoms with Crippen LogP contribution in [-0.4, -0.2) is 27.5 Å². The van der Waals surface area contributed by atoms with Crippen LogP contribution in [-0.2, 0) is 0 Å². The van der Waals surface area contributed by atoms with Crippen molar-refractivity contribution in [3.63, 3.8) is 0 Å². The summed E-state index contributed by atoms with van der Waals surface area (Å²) in [6.07, 6.45) is 1.90. The molecule has 0 saturated carbocycles. The molecule has 0 saturated heterocycles. The minimum atomic E-state index is -0.355. The van der Waals surface area contributed by atoms with Gasteiger partial charge >= 0.3 is 0 Å². The van der Waals surface area contributed by atoms with Crippen molar-refractivity contribution in [2.45, 2.75) is 18.2 Å². The number of carbonyl (C=O) groups is 1. The number of aromatic nitrogens is 3. The zero-order chi connectivity index (χ0) is 12.4. The van der Waals surface area contributed by atoms with E-state index in [0.717, 1.165) is 9.90 Å². The second-order valence-electron chi connectivity index (χ2n) is 3.25. The number of hydrogen-bond acceptors (Lipinski definition) is 7. The Hall–Kier alpha value is -1.41. The molecule has 0 aromatic carbocycles. The molecular weight excluding hydrogens is 260 g/mol. The predicted octanol–water partition coefficient (Wildman–Crippen LogP) is 2.12. The highest BCUT2D eigenvalue weighted by Crippen LogP contribution is 2.24. The lowest BCUT2D eigenvalue weighted by molar-refractivity contribution is 0.0987. The lowest BCUT2D eigenvalue weighted by Crippen LogP contribution is -2.12. The summed E-state index contributed by atoms with van der Waals surface area (Å²) in [6.45, 7) is 3.57. The van der Waals surface area contributed by atoms with E-state index in [1.54, 1.807) is 13.8 Å². The minimum absolute atomic E-state index is 0.211. The summed E-state index contributed by atoms with van der Waals surface area (Å²) in [4.78, 5) is 11.8. The molecule has 8 heteroatoms. The van der Waals surface area contributed by atoms with Gasteiger partial charge in [0.05, 0.1) is 5.69 Å². The van der Waals surface area contributed by atoms with E-state index in [4.69, 9.17) is 4.52 Å². The van der Waals surface area contributed by atoms with Crippen molar-refractivity contribution in [3.8, 4) is 0 Å². The summed E-state index contributed by atoms with van der Waals surface area (Å²) in [5, 5.41) is 14.5. The number of anilines is 1. The summed E-state index contributed by atoms with van der Waals surface area (Å²) < 4.78 is 5.75. The summed E-state index contributed by atoms with van der Waals surface area (Å²) in [6, 6.07) is 0. The molecule has 1 amide bonds. The highest BCUT2D eigenvalue weighted by atomic mass is 32.2. The molecule has 0 spiro atoms. The lowest BCUT2D eigenvalue weighted by atomic mass is 10.2. The van der Waals surface area contributed by atoms with E-state index >= 15 is 0 Å². The van der Waals surface area contributed by atoms with E-state index < -0.39 is 0 Å². The topological polar surface area (TPSA) is 80.9 Å². The number of nitrogens with zero attached hydrogens (tertiary/aromatic N) is 3. The Labute approximate surface area is 106 Å². The van der Waals surface area contributed by atoms with Crippen molar-refractivity contribution in [2.24, 2.45) is 0 Å². The van der Waals surface area contributed by atoms with E-state index in [1.807, 2.05) is 6.26 Å². The maximum atomic E-state index is 11.8. The van der Waals surface area contributed by atoms with Crippen LogP contribution in [0.4, 0.5) is 5.13 Å². The Morgan fingerprint density at radius 1 is 1.41 bits per heavy atom. The van der Waals surface area contributed by atoms with Gasteiger partial charge in [-0.2, -0.15) is 0 Å². The molecule has 0 aliphatic heterocycles. The molecule has 0 radical (unpaired) electrons. The molecule has 2 aromatic heterocycles. The van der Waals surface area contributed by atoms with E-state index in [-0.39, 0.29) is 11.7 Å². The van der Waals surface area contributed by atoms with Gasteiger partial charge in [-0.05, 0) is 20.1 Å². The smallest absolute Gasteiger partial charge is 0.296 e. The first kappa shape index (κ1) is 12.1. The SMILES string of the molecule is CSc1nnc(NC(=O)c2onc(C)c2C)s1. The van der Waals surface area contributed by atoms with Gasteiger partial charge in [0.15, 0.2) is 4.34 Å². The first-order valence-electron chi connectivity index (χ1n) is 4.73. The molecule has 0 fully saturated rings. The highest BCUT2D eigenvalue weighted by Gasteiger charge is 2.18. The van der Waals surface area contributed by atoms with Crippen molar-refractivity contribution >= 4 is 34.1 Å². The number of rotatable bonds is 3. The third-order valence-electron chi connectivity index (χ3n) is 2.16. The molecule has 2 aromatic rings. The van der Waals surface area contributed by atoms with Gasteiger partial charge in [0.1, 0.15) is 0 Å². The fourth-order valence-corrected chi connectivity index (χ4v) is 2.29. The van der Waals surface area contributed by atoms with Crippen molar-refractivity contribution in [2.75, 3.05) is 11.6 Å². The fraction of sp³-hybridized carbons (Fsp3) is 0.333. The zero-order valence-corrected chi connectivity index (χ0v) is 11.1. The van der Waals surface area contributed by atoms with Crippen LogP contribution in [0.2, 0.25) is 0 Å². The monoisotopic (exact) mass is 270 g/mol. The molecule has 2 heterocycles. The molecule has 0 aliphatic rings. The molecule has 17 heavy (non-hydrogen) atoms. The Kier molecular flexibility index (Phi) is 3.43. The van der Waals surface area contributed by atoms with Gasteiger partial charge in [-0.1, -0.05) is 28.3 Å². The predicted molar refractivity (Wildman–Crippen MR) is 65.6 cm³/mol. The number of nitrogens with one attached hydrogen (secondary N) is 1. The molecule has 90 valence electrons. The zero-order valence-electron chi connectivity index (χ0n) is 9.47. The van der Waals surface area contributed by atoms with Crippen molar-refractivity contribution in [1.82, 2.24) is 15.4 Å². The number of carbonyl (C=O) groups excluding carboxylic acids is 1. The first-order valence-corrected chi connectivity index (χ1v) is 6.77. The maximum Gasteiger partial charge on any atom is 0.296 e. The van der Waals surface area contributed by atoms with Crippen LogP contribution >= 0.6 is 23.1 Å². The largest absolute Gasteiger partial charge is 0.350 e. The first-order chi connectivity index (χ1) is 8.11. The third kappa shape index (κ3) is 2.47. The van der Waals surface area contributed by atoms with Crippen LogP contribution < -0.4 is 5.32 Å². The Bertz CT molecular complexity index is 549. The second kappa shape index (κ2) is 4.84. The van der Waals surface area contributed by atoms with E-state index in [2.05, 4.69) is 20.7 Å². The van der Waals surface area contributed by atoms with Crippen LogP contribution in [0.5, 0.6) is 0 Å². The third-order valence-corrected chi connectivity index (χ3v) is 3.98. The highest BCUT2D eigenvalue weighted by molar-refractivity contribution is 8.00. The fourth-order valence-electron chi connectivity index (χ4n) is 1.12. The van der Waals surface area contributed by atoms with Gasteiger partial charge in [0.2, 0.25) is 10.9 Å². The standard InChI is InChI=1S/C9H10N4O2S2/c1-4-5(2)13-15-6(4)7(14)10-8-11-12-9(16-3)17-8/h1-3H3,(H,10,11,14). The van der Waals surface area contributed by atoms with E-state index in [0.29, 0.717) is 10.8 Å². The van der Waals surface area contributed by atoms with Gasteiger partial charge in [-0.3, -0.25) is 10.1 Å². The van der Waals surface area contributed by atoms with Crippen LogP contribution in [0.25, 0.3) is 0 Å². The molecule has 1 N–H and O–H groups in total. The molecule has 0 aliphatic carbocycles. The number of hydrogen-bond donors (Lipinski definition) is 1. The number of amides is 1. The van der Waals surface area contributed by atoms with Crippen LogP contribution in [0.3, 0.4) is 0 Å². The Balaban J connectivity index is 2.14. The van der Waals surface area contributed by atoms with Crippen molar-refractivity contribution in [3.05, 3.63) is 17.0 Å². The molecule has 0 unspecified atom stereocenters. The number of aryl methyl sites for hydroxylation is 1. The molecular formula is C9H10N4O2S2. The van der Waals surface area contributed by atoms with Gasteiger partial charge < -0.3 is 4.52 Å². The van der Waals surface area contributed by atoms with Crippen LogP contribution in [0.15, 0.2) is 8.86 Å². The minimum Gasteiger partial charge on any atom is -0.350 e.